The van der Waals surface area contributed by atoms with Gasteiger partial charge < -0.3 is 4.90 Å². The van der Waals surface area contributed by atoms with Crippen molar-refractivity contribution in [2.45, 2.75) is 12.6 Å². The fraction of sp³-hybridized carbons (Fsp3) is 0.462. The van der Waals surface area contributed by atoms with Gasteiger partial charge in [0.1, 0.15) is 12.0 Å². The molecule has 2 rings (SSSR count). The summed E-state index contributed by atoms with van der Waals surface area (Å²) in [6, 6.07) is 6.24. The van der Waals surface area contributed by atoms with Crippen molar-refractivity contribution in [2.24, 2.45) is 0 Å². The van der Waals surface area contributed by atoms with Crippen molar-refractivity contribution in [3.8, 4) is 0 Å². The maximum Gasteiger partial charge on any atom is 0.238 e. The zero-order chi connectivity index (χ0) is 13.8. The minimum absolute atomic E-state index is 0.00357. The number of rotatable bonds is 5. The van der Waals surface area contributed by atoms with Crippen LogP contribution in [-0.4, -0.2) is 40.1 Å². The normalized spacial score (nSPS) is 20.8. The van der Waals surface area contributed by atoms with Gasteiger partial charge in [0.15, 0.2) is 0 Å². The average Bonchev–Trinajstić information content (AvgIpc) is 2.71. The Morgan fingerprint density at radius 2 is 2.32 bits per heavy atom. The van der Waals surface area contributed by atoms with Gasteiger partial charge in [0.2, 0.25) is 5.91 Å². The Labute approximate surface area is 114 Å². The second kappa shape index (κ2) is 6.25. The van der Waals surface area contributed by atoms with Crippen molar-refractivity contribution in [1.29, 1.82) is 0 Å². The average molecular weight is 284 g/mol. The lowest BCUT2D eigenvalue weighted by molar-refractivity contribution is -0.128. The summed E-state index contributed by atoms with van der Waals surface area (Å²) >= 11 is 0. The highest BCUT2D eigenvalue weighted by molar-refractivity contribution is 7.84. The Kier molecular flexibility index (Phi) is 4.66. The molecule has 1 aliphatic rings. The van der Waals surface area contributed by atoms with Crippen LogP contribution in [0.15, 0.2) is 24.3 Å². The predicted octanol–water partition coefficient (Wildman–Crippen LogP) is 1.02. The molecule has 4 nitrogen and oxygen atoms in total. The molecule has 2 unspecified atom stereocenters. The highest BCUT2D eigenvalue weighted by Gasteiger charge is 2.31. The molecular weight excluding hydrogens is 267 g/mol. The molecule has 1 heterocycles. The van der Waals surface area contributed by atoms with Gasteiger partial charge in [-0.2, -0.15) is 0 Å². The molecule has 6 heteroatoms. The molecule has 2 atom stereocenters. The molecule has 1 fully saturated rings. The molecule has 0 radical (unpaired) electrons. The zero-order valence-electron chi connectivity index (χ0n) is 10.8. The Bertz CT molecular complexity index is 495. The van der Waals surface area contributed by atoms with Gasteiger partial charge in [0.25, 0.3) is 0 Å². The summed E-state index contributed by atoms with van der Waals surface area (Å²) in [6.45, 7) is 0.795. The molecule has 1 aromatic rings. The van der Waals surface area contributed by atoms with Crippen LogP contribution in [0, 0.1) is 5.82 Å². The third-order valence-electron chi connectivity index (χ3n) is 3.07. The monoisotopic (exact) mass is 284 g/mol. The number of hydrogen-bond acceptors (Lipinski definition) is 3. The van der Waals surface area contributed by atoms with Crippen molar-refractivity contribution in [2.75, 3.05) is 25.1 Å². The van der Waals surface area contributed by atoms with Crippen LogP contribution in [0.25, 0.3) is 0 Å². The van der Waals surface area contributed by atoms with Crippen LogP contribution in [0.4, 0.5) is 4.39 Å². The summed E-state index contributed by atoms with van der Waals surface area (Å²) in [4.78, 5) is 13.5. The number of benzene rings is 1. The van der Waals surface area contributed by atoms with Crippen LogP contribution >= 0.6 is 0 Å². The summed E-state index contributed by atoms with van der Waals surface area (Å²) in [5.74, 6) is 0.254. The second-order valence-electron chi connectivity index (χ2n) is 4.56. The standard InChI is InChI=1S/C13H17FN2O2S/c1-19(18)7-3-6-16-12(17)9-15-13(16)10-4-2-5-11(14)8-10/h2,4-5,8,13,15H,3,6-7,9H2,1H3. The van der Waals surface area contributed by atoms with Crippen LogP contribution in [-0.2, 0) is 15.6 Å². The van der Waals surface area contributed by atoms with Gasteiger partial charge in [0, 0.05) is 29.4 Å². The van der Waals surface area contributed by atoms with E-state index < -0.39 is 10.8 Å². The maximum atomic E-state index is 13.2. The van der Waals surface area contributed by atoms with E-state index in [2.05, 4.69) is 5.32 Å². The molecule has 1 aliphatic heterocycles. The molecule has 1 aromatic carbocycles. The number of amides is 1. The highest BCUT2D eigenvalue weighted by atomic mass is 32.2. The topological polar surface area (TPSA) is 49.4 Å². The van der Waals surface area contributed by atoms with Crippen LogP contribution in [0.5, 0.6) is 0 Å². The van der Waals surface area contributed by atoms with Crippen LogP contribution in [0.3, 0.4) is 0 Å². The van der Waals surface area contributed by atoms with Gasteiger partial charge in [-0.3, -0.25) is 14.3 Å². The second-order valence-corrected chi connectivity index (χ2v) is 6.11. The van der Waals surface area contributed by atoms with Crippen molar-refractivity contribution in [1.82, 2.24) is 10.2 Å². The minimum atomic E-state index is -0.855. The lowest BCUT2D eigenvalue weighted by atomic mass is 10.1. The van der Waals surface area contributed by atoms with E-state index in [0.717, 1.165) is 5.56 Å². The quantitative estimate of drug-likeness (QED) is 0.878. The van der Waals surface area contributed by atoms with E-state index in [0.29, 0.717) is 18.7 Å². The molecule has 0 aromatic heterocycles. The van der Waals surface area contributed by atoms with Gasteiger partial charge in [0.05, 0.1) is 6.54 Å². The van der Waals surface area contributed by atoms with Crippen LogP contribution < -0.4 is 5.32 Å². The van der Waals surface area contributed by atoms with Gasteiger partial charge >= 0.3 is 0 Å². The molecule has 0 aliphatic carbocycles. The first kappa shape index (κ1) is 14.1. The molecule has 104 valence electrons. The third-order valence-corrected chi connectivity index (χ3v) is 3.94. The van der Waals surface area contributed by atoms with E-state index in [1.54, 1.807) is 23.3 Å². The molecule has 0 saturated carbocycles. The number of halogens is 1. The van der Waals surface area contributed by atoms with Crippen molar-refractivity contribution < 1.29 is 13.4 Å². The number of hydrogen-bond donors (Lipinski definition) is 1. The molecule has 1 saturated heterocycles. The summed E-state index contributed by atoms with van der Waals surface area (Å²) in [5.41, 5.74) is 0.739. The van der Waals surface area contributed by atoms with E-state index in [9.17, 15) is 13.4 Å². The molecule has 0 spiro atoms. The number of carbonyl (C=O) groups is 1. The summed E-state index contributed by atoms with van der Waals surface area (Å²) in [5, 5.41) is 3.07. The molecule has 19 heavy (non-hydrogen) atoms. The minimum Gasteiger partial charge on any atom is -0.322 e. The number of nitrogens with one attached hydrogen (secondary N) is 1. The maximum absolute atomic E-state index is 13.2. The van der Waals surface area contributed by atoms with Crippen molar-refractivity contribution in [3.05, 3.63) is 35.6 Å². The fourth-order valence-corrected chi connectivity index (χ4v) is 2.74. The summed E-state index contributed by atoms with van der Waals surface area (Å²) in [7, 11) is -0.855. The van der Waals surface area contributed by atoms with Gasteiger partial charge in [-0.1, -0.05) is 12.1 Å². The fourth-order valence-electron chi connectivity index (χ4n) is 2.21. The van der Waals surface area contributed by atoms with E-state index in [1.807, 2.05) is 0 Å². The van der Waals surface area contributed by atoms with Crippen LogP contribution in [0.2, 0.25) is 0 Å². The van der Waals surface area contributed by atoms with E-state index >= 15 is 0 Å². The molecule has 1 amide bonds. The lowest BCUT2D eigenvalue weighted by Crippen LogP contribution is -2.31. The first-order valence-electron chi connectivity index (χ1n) is 6.16. The highest BCUT2D eigenvalue weighted by Crippen LogP contribution is 2.23. The zero-order valence-corrected chi connectivity index (χ0v) is 11.6. The number of carbonyl (C=O) groups excluding carboxylic acids is 1. The third kappa shape index (κ3) is 3.61. The van der Waals surface area contributed by atoms with E-state index in [4.69, 9.17) is 0 Å². The Morgan fingerprint density at radius 1 is 1.53 bits per heavy atom. The van der Waals surface area contributed by atoms with Crippen molar-refractivity contribution in [3.63, 3.8) is 0 Å². The first-order chi connectivity index (χ1) is 9.08. The van der Waals surface area contributed by atoms with Gasteiger partial charge in [-0.15, -0.1) is 0 Å². The molecule has 1 N–H and O–H groups in total. The van der Waals surface area contributed by atoms with Gasteiger partial charge in [-0.05, 0) is 24.1 Å². The van der Waals surface area contributed by atoms with E-state index in [-0.39, 0.29) is 24.4 Å². The number of nitrogens with zero attached hydrogens (tertiary/aromatic N) is 1. The van der Waals surface area contributed by atoms with E-state index in [1.165, 1.54) is 12.1 Å². The predicted molar refractivity (Wildman–Crippen MR) is 72.4 cm³/mol. The largest absolute Gasteiger partial charge is 0.322 e. The Hall–Kier alpha value is -1.27. The summed E-state index contributed by atoms with van der Waals surface area (Å²) in [6.07, 6.45) is 2.05. The van der Waals surface area contributed by atoms with Crippen molar-refractivity contribution >= 4 is 16.7 Å². The Balaban J connectivity index is 2.06. The first-order valence-corrected chi connectivity index (χ1v) is 7.89. The SMILES string of the molecule is CS(=O)CCCN1C(=O)CNC1c1cccc(F)c1. The van der Waals surface area contributed by atoms with Gasteiger partial charge in [-0.25, -0.2) is 4.39 Å². The molecular formula is C13H17FN2O2S. The van der Waals surface area contributed by atoms with Crippen LogP contribution in [0.1, 0.15) is 18.2 Å². The molecule has 0 bridgehead atoms. The Morgan fingerprint density at radius 3 is 3.00 bits per heavy atom. The smallest absolute Gasteiger partial charge is 0.238 e. The summed E-state index contributed by atoms with van der Waals surface area (Å²) < 4.78 is 24.3. The lowest BCUT2D eigenvalue weighted by Gasteiger charge is -2.24.